The van der Waals surface area contributed by atoms with Gasteiger partial charge in [0.2, 0.25) is 18.2 Å². The fourth-order valence-corrected chi connectivity index (χ4v) is 10.3. The molecule has 0 saturated heterocycles. The lowest BCUT2D eigenvalue weighted by Gasteiger charge is -2.25. The van der Waals surface area contributed by atoms with Gasteiger partial charge in [0, 0.05) is 5.30 Å². The van der Waals surface area contributed by atoms with Gasteiger partial charge < -0.3 is 4.57 Å². The van der Waals surface area contributed by atoms with Crippen LogP contribution < -0.4 is 5.30 Å². The molecule has 0 atom stereocenters. The van der Waals surface area contributed by atoms with Crippen LogP contribution in [-0.4, -0.2) is 11.0 Å². The van der Waals surface area contributed by atoms with Crippen LogP contribution in [0, 0.1) is 0 Å². The molecule has 0 amide bonds. The van der Waals surface area contributed by atoms with Gasteiger partial charge >= 0.3 is 0 Å². The van der Waals surface area contributed by atoms with Gasteiger partial charge in [-0.25, -0.2) is 0 Å². The maximum atomic E-state index is 14.3. The van der Waals surface area contributed by atoms with Crippen molar-refractivity contribution in [2.24, 2.45) is 0 Å². The van der Waals surface area contributed by atoms with E-state index >= 15 is 0 Å². The van der Waals surface area contributed by atoms with Crippen LogP contribution in [0.15, 0.2) is 19.7 Å². The first-order valence-corrected chi connectivity index (χ1v) is 13.4. The standard InChI is InChI=1S/C21H23Br2O3PS/c1-9(2)12-7-13(10(3)4)17(14(8-12)11(5)6)27(26)20(24)15-16(21(27)25)19(23)28-18(15)22/h7-11H,1-6H3. The summed E-state index contributed by atoms with van der Waals surface area (Å²) in [6, 6.07) is 4.07. The normalized spacial score (nSPS) is 16.0. The fraction of sp³-hybridized carbons (Fsp3) is 0.429. The molecule has 0 unspecified atom stereocenters. The lowest BCUT2D eigenvalue weighted by molar-refractivity contribution is 0.106. The molecule has 0 aliphatic carbocycles. The molecular formula is C21H23Br2O3PS. The molecule has 0 bridgehead atoms. The highest BCUT2D eigenvalue weighted by molar-refractivity contribution is 9.12. The molecule has 0 saturated carbocycles. The van der Waals surface area contributed by atoms with E-state index in [0.29, 0.717) is 18.8 Å². The molecule has 0 radical (unpaired) electrons. The van der Waals surface area contributed by atoms with Gasteiger partial charge in [-0.1, -0.05) is 53.7 Å². The summed E-state index contributed by atoms with van der Waals surface area (Å²) >= 11 is 8.03. The highest BCUT2D eigenvalue weighted by Crippen LogP contribution is 2.62. The Hall–Kier alpha value is -0.550. The van der Waals surface area contributed by atoms with Gasteiger partial charge in [0.1, 0.15) is 0 Å². The third kappa shape index (κ3) is 3.15. The number of fused-ring (bicyclic) bond motifs is 1. The molecule has 1 aliphatic heterocycles. The van der Waals surface area contributed by atoms with Crippen molar-refractivity contribution in [3.05, 3.63) is 47.5 Å². The average Bonchev–Trinajstić information content (AvgIpc) is 3.01. The third-order valence-electron chi connectivity index (χ3n) is 5.24. The van der Waals surface area contributed by atoms with Crippen LogP contribution in [0.3, 0.4) is 0 Å². The van der Waals surface area contributed by atoms with E-state index < -0.39 is 18.2 Å². The number of carbonyl (C=O) groups excluding carboxylic acids is 2. The van der Waals surface area contributed by atoms with Gasteiger partial charge in [-0.15, -0.1) is 11.3 Å². The molecule has 3 nitrogen and oxygen atoms in total. The van der Waals surface area contributed by atoms with Crippen LogP contribution >= 0.6 is 50.3 Å². The quantitative estimate of drug-likeness (QED) is 0.371. The zero-order chi connectivity index (χ0) is 21.1. The lowest BCUT2D eigenvalue weighted by atomic mass is 9.89. The van der Waals surface area contributed by atoms with Crippen molar-refractivity contribution in [1.29, 1.82) is 0 Å². The van der Waals surface area contributed by atoms with E-state index in [1.54, 1.807) is 0 Å². The predicted molar refractivity (Wildman–Crippen MR) is 124 cm³/mol. The molecule has 1 aromatic carbocycles. The van der Waals surface area contributed by atoms with Crippen LogP contribution in [-0.2, 0) is 4.57 Å². The summed E-state index contributed by atoms with van der Waals surface area (Å²) in [5, 5.41) is 0.469. The largest absolute Gasteiger partial charge is 0.302 e. The van der Waals surface area contributed by atoms with Gasteiger partial charge in [-0.05, 0) is 66.3 Å². The second-order valence-corrected chi connectivity index (χ2v) is 14.3. The minimum absolute atomic E-state index is 0.0438. The highest BCUT2D eigenvalue weighted by atomic mass is 79.9. The fourth-order valence-electron chi connectivity index (χ4n) is 3.65. The van der Waals surface area contributed by atoms with Crippen LogP contribution in [0.25, 0.3) is 0 Å². The van der Waals surface area contributed by atoms with Crippen molar-refractivity contribution in [2.75, 3.05) is 0 Å². The SMILES string of the molecule is CC(C)c1cc(C(C)C)c(P2(=O)C(=O)c3c(Br)sc(Br)c3C2=O)c(C(C)C)c1. The van der Waals surface area contributed by atoms with Gasteiger partial charge in [0.25, 0.3) is 0 Å². The van der Waals surface area contributed by atoms with Gasteiger partial charge in [0.15, 0.2) is 0 Å². The number of hydrogen-bond donors (Lipinski definition) is 0. The monoisotopic (exact) mass is 544 g/mol. The molecule has 2 heterocycles. The van der Waals surface area contributed by atoms with Gasteiger partial charge in [0.05, 0.1) is 18.7 Å². The molecule has 1 aromatic heterocycles. The second kappa shape index (κ2) is 7.61. The van der Waals surface area contributed by atoms with E-state index in [1.807, 2.05) is 39.8 Å². The minimum Gasteiger partial charge on any atom is -0.302 e. The average molecular weight is 546 g/mol. The van der Waals surface area contributed by atoms with Crippen molar-refractivity contribution in [3.8, 4) is 0 Å². The van der Waals surface area contributed by atoms with E-state index in [4.69, 9.17) is 0 Å². The number of halogens is 2. The van der Waals surface area contributed by atoms with Crippen molar-refractivity contribution >= 4 is 66.7 Å². The van der Waals surface area contributed by atoms with Crippen LogP contribution in [0.4, 0.5) is 0 Å². The number of thiophene rings is 1. The molecule has 7 heteroatoms. The summed E-state index contributed by atoms with van der Waals surface area (Å²) in [7, 11) is -3.96. The number of hydrogen-bond acceptors (Lipinski definition) is 4. The van der Waals surface area contributed by atoms with Crippen LogP contribution in [0.5, 0.6) is 0 Å². The van der Waals surface area contributed by atoms with E-state index in [-0.39, 0.29) is 23.0 Å². The first kappa shape index (κ1) is 22.1. The summed E-state index contributed by atoms with van der Waals surface area (Å²) in [4.78, 5) is 26.8. The predicted octanol–water partition coefficient (Wildman–Crippen LogP) is 7.63. The Bertz CT molecular complexity index is 981. The molecule has 3 rings (SSSR count). The van der Waals surface area contributed by atoms with Crippen molar-refractivity contribution in [2.45, 2.75) is 59.3 Å². The Labute approximate surface area is 186 Å². The van der Waals surface area contributed by atoms with Crippen LogP contribution in [0.1, 0.15) is 96.7 Å². The van der Waals surface area contributed by atoms with Crippen molar-refractivity contribution in [3.63, 3.8) is 0 Å². The third-order valence-corrected chi connectivity index (χ3v) is 10.5. The molecule has 0 N–H and O–H groups in total. The summed E-state index contributed by atoms with van der Waals surface area (Å²) in [5.74, 6) is 0.383. The van der Waals surface area contributed by atoms with E-state index in [1.165, 1.54) is 11.3 Å². The maximum absolute atomic E-state index is 14.3. The minimum atomic E-state index is -3.96. The van der Waals surface area contributed by atoms with E-state index in [9.17, 15) is 14.2 Å². The van der Waals surface area contributed by atoms with Crippen LogP contribution in [0.2, 0.25) is 0 Å². The number of benzene rings is 1. The van der Waals surface area contributed by atoms with Gasteiger partial charge in [-0.3, -0.25) is 9.59 Å². The molecule has 1 aliphatic rings. The van der Waals surface area contributed by atoms with Crippen molar-refractivity contribution < 1.29 is 14.2 Å². The van der Waals surface area contributed by atoms with E-state index in [2.05, 4.69) is 45.7 Å². The first-order chi connectivity index (χ1) is 12.9. The second-order valence-electron chi connectivity index (χ2n) is 8.13. The van der Waals surface area contributed by atoms with Gasteiger partial charge in [-0.2, -0.15) is 0 Å². The highest BCUT2D eigenvalue weighted by Gasteiger charge is 2.55. The Balaban J connectivity index is 2.41. The summed E-state index contributed by atoms with van der Waals surface area (Å²) in [6.45, 7) is 12.3. The van der Waals surface area contributed by atoms with E-state index in [0.717, 1.165) is 16.7 Å². The smallest absolute Gasteiger partial charge is 0.249 e. The number of carbonyl (C=O) groups is 2. The Kier molecular flexibility index (Phi) is 6.02. The van der Waals surface area contributed by atoms with Crippen molar-refractivity contribution in [1.82, 2.24) is 0 Å². The topological polar surface area (TPSA) is 51.2 Å². The molecule has 150 valence electrons. The lowest BCUT2D eigenvalue weighted by Crippen LogP contribution is -2.25. The summed E-state index contributed by atoms with van der Waals surface area (Å²) in [6.07, 6.45) is 0. The molecule has 0 spiro atoms. The Morgan fingerprint density at radius 2 is 1.18 bits per heavy atom. The summed E-state index contributed by atoms with van der Waals surface area (Å²) in [5.41, 5.74) is 2.29. The zero-order valence-corrected chi connectivity index (χ0v) is 21.6. The first-order valence-electron chi connectivity index (χ1n) is 9.28. The number of rotatable bonds is 4. The maximum Gasteiger partial charge on any atom is 0.249 e. The molecule has 28 heavy (non-hydrogen) atoms. The zero-order valence-electron chi connectivity index (χ0n) is 16.7. The molecule has 2 aromatic rings. The summed E-state index contributed by atoms with van der Waals surface area (Å²) < 4.78 is 15.4. The Morgan fingerprint density at radius 3 is 1.50 bits per heavy atom. The Morgan fingerprint density at radius 1 is 0.786 bits per heavy atom. The molecular weight excluding hydrogens is 523 g/mol. The molecule has 0 fully saturated rings.